The average Bonchev–Trinajstić information content (AvgIpc) is 3.09. The number of nitrogens with zero attached hydrogens (tertiary/aromatic N) is 2. The number of hydrogen-bond donors (Lipinski definition) is 3. The fourth-order valence-electron chi connectivity index (χ4n) is 2.44. The topological polar surface area (TPSA) is 109 Å². The van der Waals surface area contributed by atoms with Crippen molar-refractivity contribution in [2.24, 2.45) is 5.92 Å². The van der Waals surface area contributed by atoms with Crippen LogP contribution >= 0.6 is 0 Å². The summed E-state index contributed by atoms with van der Waals surface area (Å²) < 4.78 is 5.17. The first kappa shape index (κ1) is 21.4. The number of amides is 3. The van der Waals surface area contributed by atoms with E-state index in [1.165, 1.54) is 0 Å². The maximum absolute atomic E-state index is 12.0. The van der Waals surface area contributed by atoms with Gasteiger partial charge in [0.15, 0.2) is 5.82 Å². The van der Waals surface area contributed by atoms with Crippen LogP contribution in [0.3, 0.4) is 0 Å². The molecule has 0 unspecified atom stereocenters. The molecule has 0 aliphatic heterocycles. The minimum atomic E-state index is -0.287. The van der Waals surface area contributed by atoms with Gasteiger partial charge in [-0.05, 0) is 36.6 Å². The standard InChI is InChI=1S/C20H29N5O3/c1-13(2)12-17(26)22-15-7-9-16(10-8-15)23-20(27)21-11-5-6-18-24-19(14(3)4)25-28-18/h7-10,13-14H,5-6,11-12H2,1-4H3,(H,22,26)(H2,21,23,27). The zero-order valence-electron chi connectivity index (χ0n) is 16.9. The highest BCUT2D eigenvalue weighted by molar-refractivity contribution is 5.92. The molecule has 8 heteroatoms. The molecule has 2 aromatic rings. The lowest BCUT2D eigenvalue weighted by atomic mass is 10.1. The number of carbonyl (C=O) groups excluding carboxylic acids is 2. The van der Waals surface area contributed by atoms with Crippen LogP contribution in [0, 0.1) is 5.92 Å². The summed E-state index contributed by atoms with van der Waals surface area (Å²) in [6.07, 6.45) is 1.80. The minimum Gasteiger partial charge on any atom is -0.339 e. The van der Waals surface area contributed by atoms with E-state index in [1.54, 1.807) is 24.3 Å². The predicted octanol–water partition coefficient (Wildman–Crippen LogP) is 3.93. The Morgan fingerprint density at radius 2 is 1.68 bits per heavy atom. The monoisotopic (exact) mass is 387 g/mol. The van der Waals surface area contributed by atoms with E-state index in [2.05, 4.69) is 26.1 Å². The second-order valence-electron chi connectivity index (χ2n) is 7.41. The Balaban J connectivity index is 1.68. The third-order valence-electron chi connectivity index (χ3n) is 3.87. The van der Waals surface area contributed by atoms with Crippen molar-refractivity contribution in [2.75, 3.05) is 17.2 Å². The third-order valence-corrected chi connectivity index (χ3v) is 3.87. The Hall–Kier alpha value is -2.90. The first-order chi connectivity index (χ1) is 13.3. The summed E-state index contributed by atoms with van der Waals surface area (Å²) in [5.74, 6) is 1.80. The van der Waals surface area contributed by atoms with E-state index in [0.29, 0.717) is 54.8 Å². The molecule has 0 saturated heterocycles. The van der Waals surface area contributed by atoms with Crippen LogP contribution in [0.1, 0.15) is 58.2 Å². The Morgan fingerprint density at radius 1 is 1.04 bits per heavy atom. The molecular formula is C20H29N5O3. The van der Waals surface area contributed by atoms with Crippen molar-refractivity contribution in [1.29, 1.82) is 0 Å². The van der Waals surface area contributed by atoms with Crippen molar-refractivity contribution in [3.63, 3.8) is 0 Å². The van der Waals surface area contributed by atoms with Gasteiger partial charge in [0.2, 0.25) is 11.8 Å². The summed E-state index contributed by atoms with van der Waals surface area (Å²) in [6.45, 7) is 8.50. The number of rotatable bonds is 9. The maximum Gasteiger partial charge on any atom is 0.319 e. The fraction of sp³-hybridized carbons (Fsp3) is 0.500. The van der Waals surface area contributed by atoms with Crippen LogP contribution in [0.4, 0.5) is 16.2 Å². The number of benzene rings is 1. The van der Waals surface area contributed by atoms with Crippen LogP contribution in [0.2, 0.25) is 0 Å². The molecule has 0 fully saturated rings. The van der Waals surface area contributed by atoms with Crippen LogP contribution < -0.4 is 16.0 Å². The molecule has 0 atom stereocenters. The molecule has 1 aromatic heterocycles. The summed E-state index contributed by atoms with van der Waals surface area (Å²) in [5, 5.41) is 12.3. The Bertz CT molecular complexity index is 768. The lowest BCUT2D eigenvalue weighted by molar-refractivity contribution is -0.116. The Kier molecular flexibility index (Phi) is 7.98. The van der Waals surface area contributed by atoms with Gasteiger partial charge in [-0.3, -0.25) is 4.79 Å². The van der Waals surface area contributed by atoms with Crippen LogP contribution in [-0.2, 0) is 11.2 Å². The van der Waals surface area contributed by atoms with Gasteiger partial charge in [0.1, 0.15) is 0 Å². The fourth-order valence-corrected chi connectivity index (χ4v) is 2.44. The summed E-state index contributed by atoms with van der Waals surface area (Å²) in [4.78, 5) is 28.0. The van der Waals surface area contributed by atoms with Gasteiger partial charge in [-0.1, -0.05) is 32.9 Å². The first-order valence-electron chi connectivity index (χ1n) is 9.60. The normalized spacial score (nSPS) is 10.9. The number of carbonyl (C=O) groups is 2. The molecule has 0 saturated carbocycles. The number of aryl methyl sites for hydroxylation is 1. The lowest BCUT2D eigenvalue weighted by Gasteiger charge is -2.09. The summed E-state index contributed by atoms with van der Waals surface area (Å²) in [6, 6.07) is 6.73. The Labute approximate surface area is 165 Å². The van der Waals surface area contributed by atoms with Gasteiger partial charge in [0, 0.05) is 36.7 Å². The third kappa shape index (κ3) is 7.38. The van der Waals surface area contributed by atoms with E-state index in [-0.39, 0.29) is 17.9 Å². The Morgan fingerprint density at radius 3 is 2.25 bits per heavy atom. The molecule has 2 rings (SSSR count). The molecule has 28 heavy (non-hydrogen) atoms. The maximum atomic E-state index is 12.0. The van der Waals surface area contributed by atoms with Crippen molar-refractivity contribution >= 4 is 23.3 Å². The van der Waals surface area contributed by atoms with Gasteiger partial charge in [0.25, 0.3) is 0 Å². The number of aromatic nitrogens is 2. The molecule has 0 aliphatic rings. The van der Waals surface area contributed by atoms with Crippen LogP contribution in [-0.4, -0.2) is 28.6 Å². The molecule has 0 aliphatic carbocycles. The molecule has 0 radical (unpaired) electrons. The van der Waals surface area contributed by atoms with Crippen molar-refractivity contribution < 1.29 is 14.1 Å². The van der Waals surface area contributed by atoms with Gasteiger partial charge in [-0.2, -0.15) is 4.98 Å². The first-order valence-corrected chi connectivity index (χ1v) is 9.60. The van der Waals surface area contributed by atoms with Crippen molar-refractivity contribution in [3.8, 4) is 0 Å². The van der Waals surface area contributed by atoms with Crippen molar-refractivity contribution in [2.45, 2.75) is 52.9 Å². The number of urea groups is 1. The molecule has 3 amide bonds. The van der Waals surface area contributed by atoms with Gasteiger partial charge < -0.3 is 20.5 Å². The molecular weight excluding hydrogens is 358 g/mol. The van der Waals surface area contributed by atoms with Crippen LogP contribution in [0.15, 0.2) is 28.8 Å². The number of hydrogen-bond acceptors (Lipinski definition) is 5. The second kappa shape index (κ2) is 10.4. The highest BCUT2D eigenvalue weighted by Crippen LogP contribution is 2.14. The minimum absolute atomic E-state index is 0.0183. The second-order valence-corrected chi connectivity index (χ2v) is 7.41. The zero-order chi connectivity index (χ0) is 20.5. The largest absolute Gasteiger partial charge is 0.339 e. The van der Waals surface area contributed by atoms with E-state index in [9.17, 15) is 9.59 Å². The highest BCUT2D eigenvalue weighted by atomic mass is 16.5. The van der Waals surface area contributed by atoms with E-state index in [1.807, 2.05) is 27.7 Å². The molecule has 8 nitrogen and oxygen atoms in total. The molecule has 0 bridgehead atoms. The van der Waals surface area contributed by atoms with Crippen LogP contribution in [0.5, 0.6) is 0 Å². The molecule has 1 aromatic carbocycles. The lowest BCUT2D eigenvalue weighted by Crippen LogP contribution is -2.29. The highest BCUT2D eigenvalue weighted by Gasteiger charge is 2.10. The molecule has 1 heterocycles. The summed E-state index contributed by atoms with van der Waals surface area (Å²) >= 11 is 0. The smallest absolute Gasteiger partial charge is 0.319 e. The summed E-state index contributed by atoms with van der Waals surface area (Å²) in [7, 11) is 0. The quantitative estimate of drug-likeness (QED) is 0.565. The van der Waals surface area contributed by atoms with Gasteiger partial charge >= 0.3 is 6.03 Å². The van der Waals surface area contributed by atoms with E-state index in [0.717, 1.165) is 0 Å². The van der Waals surface area contributed by atoms with E-state index >= 15 is 0 Å². The van der Waals surface area contributed by atoms with E-state index < -0.39 is 0 Å². The van der Waals surface area contributed by atoms with Gasteiger partial charge in [0.05, 0.1) is 0 Å². The molecule has 152 valence electrons. The molecule has 0 spiro atoms. The average molecular weight is 387 g/mol. The van der Waals surface area contributed by atoms with Crippen LogP contribution in [0.25, 0.3) is 0 Å². The van der Waals surface area contributed by atoms with Gasteiger partial charge in [-0.15, -0.1) is 0 Å². The van der Waals surface area contributed by atoms with E-state index in [4.69, 9.17) is 4.52 Å². The van der Waals surface area contributed by atoms with Crippen molar-refractivity contribution in [3.05, 3.63) is 36.0 Å². The SMILES string of the molecule is CC(C)CC(=O)Nc1ccc(NC(=O)NCCCc2nc(C(C)C)no2)cc1. The molecule has 3 N–H and O–H groups in total. The van der Waals surface area contributed by atoms with Gasteiger partial charge in [-0.25, -0.2) is 4.79 Å². The number of nitrogens with one attached hydrogen (secondary N) is 3. The zero-order valence-corrected chi connectivity index (χ0v) is 16.9. The van der Waals surface area contributed by atoms with Crippen molar-refractivity contribution in [1.82, 2.24) is 15.5 Å². The predicted molar refractivity (Wildman–Crippen MR) is 108 cm³/mol. The summed E-state index contributed by atoms with van der Waals surface area (Å²) in [5.41, 5.74) is 1.36. The number of anilines is 2.